The fourth-order valence-corrected chi connectivity index (χ4v) is 4.94. The topological polar surface area (TPSA) is 111 Å². The molecule has 0 aliphatic heterocycles. The third-order valence-corrected chi connectivity index (χ3v) is 6.93. The van der Waals surface area contributed by atoms with Crippen molar-refractivity contribution in [2.75, 3.05) is 10.6 Å². The predicted octanol–water partition coefficient (Wildman–Crippen LogP) is 3.40. The van der Waals surface area contributed by atoms with Crippen LogP contribution in [0.1, 0.15) is 39.2 Å². The lowest BCUT2D eigenvalue weighted by molar-refractivity contribution is -0.139. The summed E-state index contributed by atoms with van der Waals surface area (Å²) in [6.45, 7) is 6.73. The van der Waals surface area contributed by atoms with Crippen molar-refractivity contribution in [3.63, 3.8) is 0 Å². The Labute approximate surface area is 177 Å². The number of nitrogens with zero attached hydrogens (tertiary/aromatic N) is 4. The van der Waals surface area contributed by atoms with Gasteiger partial charge in [-0.2, -0.15) is 23.3 Å². The first-order chi connectivity index (χ1) is 14.5. The highest BCUT2D eigenvalue weighted by molar-refractivity contribution is 5.78. The Bertz CT molecular complexity index is 987. The standard InChI is InChI=1S/C20H26F3N7O/c1-4-30-9-11(7-26-30)27-18-25-8-14(20(21,22)23)17(29-18)28-15-12(16(24)31)5-10-6-13(15)19(10,2)3/h7-10,12-13,15H,4-6H2,1-3H3,(H2,24,31)(H2,25,27,28,29)/t10-,12-,13-,15-/m0/s1. The molecule has 4 atom stereocenters. The first kappa shape index (κ1) is 21.4. The molecule has 168 valence electrons. The van der Waals surface area contributed by atoms with Gasteiger partial charge < -0.3 is 16.4 Å². The van der Waals surface area contributed by atoms with Crippen LogP contribution in [-0.4, -0.2) is 31.7 Å². The van der Waals surface area contributed by atoms with Crippen LogP contribution in [0.15, 0.2) is 18.6 Å². The molecule has 5 rings (SSSR count). The van der Waals surface area contributed by atoms with E-state index in [1.54, 1.807) is 17.1 Å². The molecule has 11 heteroatoms. The lowest BCUT2D eigenvalue weighted by Crippen LogP contribution is -2.63. The number of fused-ring (bicyclic) bond motifs is 2. The number of carbonyl (C=O) groups excluding carboxylic acids is 1. The van der Waals surface area contributed by atoms with Gasteiger partial charge in [0.05, 0.1) is 17.8 Å². The number of aryl methyl sites for hydroxylation is 1. The Kier molecular flexibility index (Phi) is 5.09. The first-order valence-electron chi connectivity index (χ1n) is 10.3. The minimum atomic E-state index is -4.65. The Morgan fingerprint density at radius 2 is 2.06 bits per heavy atom. The van der Waals surface area contributed by atoms with E-state index in [1.165, 1.54) is 0 Å². The second-order valence-corrected chi connectivity index (χ2v) is 8.94. The van der Waals surface area contributed by atoms with Crippen molar-refractivity contribution >= 4 is 23.4 Å². The van der Waals surface area contributed by atoms with Gasteiger partial charge in [0, 0.05) is 25.0 Å². The van der Waals surface area contributed by atoms with Gasteiger partial charge in [0.25, 0.3) is 0 Å². The second kappa shape index (κ2) is 7.38. The zero-order valence-corrected chi connectivity index (χ0v) is 17.6. The largest absolute Gasteiger partial charge is 0.421 e. The number of rotatable bonds is 6. The molecule has 0 unspecified atom stereocenters. The molecule has 2 aromatic rings. The molecule has 0 saturated heterocycles. The molecule has 0 radical (unpaired) electrons. The predicted molar refractivity (Wildman–Crippen MR) is 108 cm³/mol. The molecule has 0 spiro atoms. The summed E-state index contributed by atoms with van der Waals surface area (Å²) < 4.78 is 42.7. The smallest absolute Gasteiger partial charge is 0.369 e. The molecule has 2 aromatic heterocycles. The van der Waals surface area contributed by atoms with Crippen molar-refractivity contribution < 1.29 is 18.0 Å². The molecule has 2 heterocycles. The molecule has 3 saturated carbocycles. The van der Waals surface area contributed by atoms with E-state index < -0.39 is 29.6 Å². The summed E-state index contributed by atoms with van der Waals surface area (Å²) in [6, 6.07) is -0.524. The van der Waals surface area contributed by atoms with Crippen molar-refractivity contribution in [1.82, 2.24) is 19.7 Å². The number of hydrogen-bond acceptors (Lipinski definition) is 6. The van der Waals surface area contributed by atoms with Crippen molar-refractivity contribution in [2.24, 2.45) is 28.9 Å². The Balaban J connectivity index is 1.66. The van der Waals surface area contributed by atoms with Crippen LogP contribution in [0.5, 0.6) is 0 Å². The number of aromatic nitrogens is 4. The fraction of sp³-hybridized carbons (Fsp3) is 0.600. The van der Waals surface area contributed by atoms with Crippen LogP contribution in [-0.2, 0) is 17.5 Å². The van der Waals surface area contributed by atoms with Crippen molar-refractivity contribution in [3.05, 3.63) is 24.2 Å². The molecule has 31 heavy (non-hydrogen) atoms. The van der Waals surface area contributed by atoms with Gasteiger partial charge in [0.15, 0.2) is 0 Å². The maximum absolute atomic E-state index is 13.7. The van der Waals surface area contributed by atoms with Gasteiger partial charge in [-0.3, -0.25) is 9.48 Å². The second-order valence-electron chi connectivity index (χ2n) is 8.94. The van der Waals surface area contributed by atoms with Crippen LogP contribution in [0.25, 0.3) is 0 Å². The van der Waals surface area contributed by atoms with E-state index in [2.05, 4.69) is 39.5 Å². The maximum Gasteiger partial charge on any atom is 0.421 e. The summed E-state index contributed by atoms with van der Waals surface area (Å²) in [5.74, 6) is -1.04. The van der Waals surface area contributed by atoms with E-state index in [9.17, 15) is 18.0 Å². The van der Waals surface area contributed by atoms with Crippen LogP contribution < -0.4 is 16.4 Å². The molecule has 3 fully saturated rings. The van der Waals surface area contributed by atoms with Gasteiger partial charge >= 0.3 is 6.18 Å². The van der Waals surface area contributed by atoms with Crippen LogP contribution in [0.4, 0.5) is 30.6 Å². The first-order valence-corrected chi connectivity index (χ1v) is 10.3. The minimum Gasteiger partial charge on any atom is -0.369 e. The van der Waals surface area contributed by atoms with Crippen molar-refractivity contribution in [1.29, 1.82) is 0 Å². The van der Waals surface area contributed by atoms with Gasteiger partial charge in [-0.1, -0.05) is 13.8 Å². The maximum atomic E-state index is 13.7. The summed E-state index contributed by atoms with van der Waals surface area (Å²) >= 11 is 0. The van der Waals surface area contributed by atoms with E-state index in [-0.39, 0.29) is 23.1 Å². The molecular weight excluding hydrogens is 411 g/mol. The van der Waals surface area contributed by atoms with Crippen LogP contribution in [0, 0.1) is 23.2 Å². The molecule has 0 aromatic carbocycles. The minimum absolute atomic E-state index is 0.00309. The quantitative estimate of drug-likeness (QED) is 0.639. The summed E-state index contributed by atoms with van der Waals surface area (Å²) in [5, 5.41) is 9.94. The average Bonchev–Trinajstić information content (AvgIpc) is 3.14. The molecule has 8 nitrogen and oxygen atoms in total. The van der Waals surface area contributed by atoms with E-state index in [0.717, 1.165) is 12.6 Å². The monoisotopic (exact) mass is 437 g/mol. The highest BCUT2D eigenvalue weighted by atomic mass is 19.4. The number of carbonyl (C=O) groups is 1. The molecule has 1 amide bonds. The lowest BCUT2D eigenvalue weighted by Gasteiger charge is -2.62. The molecule has 3 aliphatic rings. The number of anilines is 3. The van der Waals surface area contributed by atoms with E-state index in [0.29, 0.717) is 24.6 Å². The number of hydrogen-bond donors (Lipinski definition) is 3. The summed E-state index contributed by atoms with van der Waals surface area (Å²) in [4.78, 5) is 20.0. The Morgan fingerprint density at radius 1 is 1.32 bits per heavy atom. The average molecular weight is 437 g/mol. The Morgan fingerprint density at radius 3 is 2.65 bits per heavy atom. The zero-order chi connectivity index (χ0) is 22.6. The van der Waals surface area contributed by atoms with Gasteiger partial charge in [0.1, 0.15) is 11.4 Å². The Hall–Kier alpha value is -2.85. The number of nitrogens with two attached hydrogens (primary N) is 1. The normalized spacial score (nSPS) is 26.8. The fourth-order valence-electron chi connectivity index (χ4n) is 4.94. The van der Waals surface area contributed by atoms with Crippen molar-refractivity contribution in [3.8, 4) is 0 Å². The van der Waals surface area contributed by atoms with E-state index >= 15 is 0 Å². The SMILES string of the molecule is CCn1cc(Nc2ncc(C(F)(F)F)c(N[C@H]3[C@@H](C(N)=O)C[C@H]4C[C@@H]3C4(C)C)n2)cn1. The van der Waals surface area contributed by atoms with Gasteiger partial charge in [0.2, 0.25) is 11.9 Å². The van der Waals surface area contributed by atoms with Crippen LogP contribution in [0.2, 0.25) is 0 Å². The highest BCUT2D eigenvalue weighted by Crippen LogP contribution is 2.61. The van der Waals surface area contributed by atoms with Crippen LogP contribution >= 0.6 is 0 Å². The zero-order valence-electron chi connectivity index (χ0n) is 17.6. The van der Waals surface area contributed by atoms with Crippen molar-refractivity contribution in [2.45, 2.75) is 52.4 Å². The molecule has 4 N–H and O–H groups in total. The number of alkyl halides is 3. The third kappa shape index (κ3) is 3.81. The van der Waals surface area contributed by atoms with Gasteiger partial charge in [-0.25, -0.2) is 4.98 Å². The lowest BCUT2D eigenvalue weighted by atomic mass is 9.45. The highest BCUT2D eigenvalue weighted by Gasteiger charge is 2.59. The van der Waals surface area contributed by atoms with Crippen LogP contribution in [0.3, 0.4) is 0 Å². The third-order valence-electron chi connectivity index (χ3n) is 6.93. The summed E-state index contributed by atoms with van der Waals surface area (Å²) in [6.07, 6.45) is 0.752. The number of halogens is 3. The summed E-state index contributed by atoms with van der Waals surface area (Å²) in [7, 11) is 0. The van der Waals surface area contributed by atoms with Gasteiger partial charge in [-0.15, -0.1) is 0 Å². The van der Waals surface area contributed by atoms with Gasteiger partial charge in [-0.05, 0) is 37.0 Å². The molecule has 3 aliphatic carbocycles. The number of nitrogens with one attached hydrogen (secondary N) is 2. The summed E-state index contributed by atoms with van der Waals surface area (Å²) in [5.41, 5.74) is 5.10. The van der Waals surface area contributed by atoms with E-state index in [4.69, 9.17) is 5.73 Å². The number of amides is 1. The molecule has 2 bridgehead atoms. The number of primary amides is 1. The van der Waals surface area contributed by atoms with E-state index in [1.807, 2.05) is 6.92 Å². The molecular formula is C20H26F3N7O.